The summed E-state index contributed by atoms with van der Waals surface area (Å²) in [5, 5.41) is 12.5. The molecule has 0 atom stereocenters. The number of hydrogen-bond acceptors (Lipinski definition) is 5. The van der Waals surface area contributed by atoms with Crippen molar-refractivity contribution in [2.75, 3.05) is 13.2 Å². The number of unbranched alkanes of at least 4 members (excludes halogenated alkanes) is 1. The molecule has 3 aromatic rings. The van der Waals surface area contributed by atoms with Gasteiger partial charge in [-0.3, -0.25) is 4.98 Å². The molecule has 0 bridgehead atoms. The standard InChI is InChI=1S/C22H29BrN4O3/c1-5-30-14-19-25-18-13-24-17-12-15(23)8-9-16(17)20(18)26(19)10-6-7-11-27(21(28)29)22(2,3)4/h8-9,12-13H,5-7,10-11,14H2,1-4H3,(H,28,29)/p-1. The number of aromatic nitrogens is 3. The fourth-order valence-corrected chi connectivity index (χ4v) is 3.97. The topological polar surface area (TPSA) is 83.3 Å². The number of aryl methyl sites for hydroxylation is 1. The van der Waals surface area contributed by atoms with Crippen molar-refractivity contribution in [2.24, 2.45) is 0 Å². The van der Waals surface area contributed by atoms with E-state index >= 15 is 0 Å². The van der Waals surface area contributed by atoms with Crippen molar-refractivity contribution in [3.8, 4) is 0 Å². The maximum atomic E-state index is 11.5. The summed E-state index contributed by atoms with van der Waals surface area (Å²) < 4.78 is 8.80. The molecule has 0 aliphatic rings. The highest BCUT2D eigenvalue weighted by molar-refractivity contribution is 9.10. The maximum absolute atomic E-state index is 11.5. The van der Waals surface area contributed by atoms with Gasteiger partial charge in [-0.25, -0.2) is 4.98 Å². The van der Waals surface area contributed by atoms with Gasteiger partial charge in [-0.15, -0.1) is 0 Å². The molecule has 0 unspecified atom stereocenters. The minimum absolute atomic E-state index is 0.427. The van der Waals surface area contributed by atoms with E-state index in [4.69, 9.17) is 9.72 Å². The van der Waals surface area contributed by atoms with Crippen molar-refractivity contribution in [2.45, 2.75) is 59.2 Å². The van der Waals surface area contributed by atoms with Crippen LogP contribution in [0.2, 0.25) is 0 Å². The predicted molar refractivity (Wildman–Crippen MR) is 119 cm³/mol. The third-order valence-electron chi connectivity index (χ3n) is 5.09. The zero-order valence-corrected chi connectivity index (χ0v) is 19.5. The lowest BCUT2D eigenvalue weighted by molar-refractivity contribution is -0.270. The highest BCUT2D eigenvalue weighted by atomic mass is 79.9. The Morgan fingerprint density at radius 3 is 2.70 bits per heavy atom. The smallest absolute Gasteiger partial charge is 0.137 e. The van der Waals surface area contributed by atoms with Gasteiger partial charge in [0.2, 0.25) is 0 Å². The van der Waals surface area contributed by atoms with E-state index in [9.17, 15) is 9.90 Å². The molecule has 0 spiro atoms. The number of amides is 1. The highest BCUT2D eigenvalue weighted by Crippen LogP contribution is 2.28. The van der Waals surface area contributed by atoms with Crippen LogP contribution in [0.3, 0.4) is 0 Å². The monoisotopic (exact) mass is 475 g/mol. The van der Waals surface area contributed by atoms with Gasteiger partial charge in [-0.05, 0) is 58.7 Å². The van der Waals surface area contributed by atoms with Gasteiger partial charge in [0.05, 0.1) is 17.2 Å². The van der Waals surface area contributed by atoms with Gasteiger partial charge in [0, 0.05) is 35.1 Å². The number of halogens is 1. The van der Waals surface area contributed by atoms with Crippen molar-refractivity contribution in [3.05, 3.63) is 34.7 Å². The van der Waals surface area contributed by atoms with E-state index in [-0.39, 0.29) is 0 Å². The quantitative estimate of drug-likeness (QED) is 0.457. The molecule has 1 aromatic carbocycles. The lowest BCUT2D eigenvalue weighted by Gasteiger charge is -2.38. The summed E-state index contributed by atoms with van der Waals surface area (Å²) in [6.07, 6.45) is 2.21. The van der Waals surface area contributed by atoms with E-state index in [1.54, 1.807) is 6.20 Å². The fourth-order valence-electron chi connectivity index (χ4n) is 3.62. The lowest BCUT2D eigenvalue weighted by Crippen LogP contribution is -2.51. The van der Waals surface area contributed by atoms with Crippen LogP contribution in [0.25, 0.3) is 21.9 Å². The van der Waals surface area contributed by atoms with Gasteiger partial charge < -0.3 is 24.1 Å². The number of benzene rings is 1. The Labute approximate surface area is 185 Å². The molecule has 0 aliphatic carbocycles. The normalized spacial score (nSPS) is 12.0. The van der Waals surface area contributed by atoms with E-state index < -0.39 is 11.6 Å². The molecular formula is C22H28BrN4O3-. The third-order valence-corrected chi connectivity index (χ3v) is 5.59. The third kappa shape index (κ3) is 4.92. The van der Waals surface area contributed by atoms with Crippen LogP contribution in [0.5, 0.6) is 0 Å². The summed E-state index contributed by atoms with van der Waals surface area (Å²) in [7, 11) is 0. The van der Waals surface area contributed by atoms with Crippen LogP contribution in [0, 0.1) is 0 Å². The predicted octanol–water partition coefficient (Wildman–Crippen LogP) is 4.11. The van der Waals surface area contributed by atoms with E-state index in [1.807, 2.05) is 39.8 Å². The Morgan fingerprint density at radius 1 is 1.27 bits per heavy atom. The molecule has 2 aromatic heterocycles. The van der Waals surface area contributed by atoms with Crippen LogP contribution in [0.1, 0.15) is 46.4 Å². The average Bonchev–Trinajstić information content (AvgIpc) is 3.02. The largest absolute Gasteiger partial charge is 0.530 e. The van der Waals surface area contributed by atoms with Gasteiger partial charge in [-0.1, -0.05) is 15.9 Å². The van der Waals surface area contributed by atoms with Gasteiger partial charge in [0.15, 0.2) is 0 Å². The van der Waals surface area contributed by atoms with Crippen molar-refractivity contribution < 1.29 is 14.6 Å². The minimum Gasteiger partial charge on any atom is -0.530 e. The summed E-state index contributed by atoms with van der Waals surface area (Å²) >= 11 is 3.51. The van der Waals surface area contributed by atoms with E-state index in [0.717, 1.165) is 51.6 Å². The number of fused-ring (bicyclic) bond motifs is 3. The second-order valence-corrected chi connectivity index (χ2v) is 9.18. The first-order chi connectivity index (χ1) is 14.2. The molecule has 2 heterocycles. The van der Waals surface area contributed by atoms with Crippen LogP contribution in [0.15, 0.2) is 28.9 Å². The molecule has 0 saturated heterocycles. The Balaban J connectivity index is 1.88. The highest BCUT2D eigenvalue weighted by Gasteiger charge is 2.21. The maximum Gasteiger partial charge on any atom is 0.137 e. The molecule has 3 rings (SSSR count). The van der Waals surface area contributed by atoms with E-state index in [1.165, 1.54) is 4.90 Å². The Bertz CT molecular complexity index is 1040. The minimum atomic E-state index is -1.13. The lowest BCUT2D eigenvalue weighted by atomic mass is 10.1. The zero-order valence-electron chi connectivity index (χ0n) is 17.9. The number of pyridine rings is 1. The number of rotatable bonds is 8. The first-order valence-corrected chi connectivity index (χ1v) is 11.0. The zero-order chi connectivity index (χ0) is 21.9. The van der Waals surface area contributed by atoms with Crippen molar-refractivity contribution in [1.82, 2.24) is 19.4 Å². The molecular weight excluding hydrogens is 448 g/mol. The molecule has 0 N–H and O–H groups in total. The summed E-state index contributed by atoms with van der Waals surface area (Å²) in [5.74, 6) is 0.858. The molecule has 162 valence electrons. The Morgan fingerprint density at radius 2 is 2.03 bits per heavy atom. The van der Waals surface area contributed by atoms with Crippen LogP contribution < -0.4 is 5.11 Å². The molecule has 0 aliphatic heterocycles. The van der Waals surface area contributed by atoms with E-state index in [0.29, 0.717) is 19.8 Å². The van der Waals surface area contributed by atoms with Crippen LogP contribution in [0.4, 0.5) is 4.79 Å². The number of nitrogens with zero attached hydrogens (tertiary/aromatic N) is 4. The first kappa shape index (κ1) is 22.5. The molecule has 1 amide bonds. The van der Waals surface area contributed by atoms with E-state index in [2.05, 4.69) is 31.5 Å². The summed E-state index contributed by atoms with van der Waals surface area (Å²) in [4.78, 5) is 22.1. The van der Waals surface area contributed by atoms with Crippen LogP contribution in [-0.2, 0) is 17.9 Å². The molecule has 0 fully saturated rings. The Kier molecular flexibility index (Phi) is 6.98. The molecule has 8 heteroatoms. The number of carbonyl (C=O) groups is 1. The van der Waals surface area contributed by atoms with Crippen molar-refractivity contribution in [3.63, 3.8) is 0 Å². The fraction of sp³-hybridized carbons (Fsp3) is 0.500. The average molecular weight is 476 g/mol. The molecule has 0 saturated carbocycles. The number of imidazole rings is 1. The second-order valence-electron chi connectivity index (χ2n) is 8.27. The van der Waals surface area contributed by atoms with Gasteiger partial charge in [-0.2, -0.15) is 0 Å². The van der Waals surface area contributed by atoms with Crippen molar-refractivity contribution >= 4 is 44.0 Å². The van der Waals surface area contributed by atoms with Gasteiger partial charge >= 0.3 is 0 Å². The van der Waals surface area contributed by atoms with Crippen LogP contribution in [-0.4, -0.2) is 44.2 Å². The summed E-state index contributed by atoms with van der Waals surface area (Å²) in [6, 6.07) is 6.05. The second kappa shape index (κ2) is 9.31. The molecule has 0 radical (unpaired) electrons. The van der Waals surface area contributed by atoms with Crippen LogP contribution >= 0.6 is 15.9 Å². The number of carbonyl (C=O) groups excluding carboxylic acids is 1. The first-order valence-electron chi connectivity index (χ1n) is 10.2. The van der Waals surface area contributed by atoms with Gasteiger partial charge in [0.25, 0.3) is 0 Å². The van der Waals surface area contributed by atoms with Crippen molar-refractivity contribution in [1.29, 1.82) is 0 Å². The summed E-state index contributed by atoms with van der Waals surface area (Å²) in [5.41, 5.74) is 2.30. The number of ether oxygens (including phenoxy) is 1. The Hall–Kier alpha value is -2.19. The summed E-state index contributed by atoms with van der Waals surface area (Å²) in [6.45, 7) is 9.80. The van der Waals surface area contributed by atoms with Gasteiger partial charge in [0.1, 0.15) is 24.0 Å². The number of hydrogen-bond donors (Lipinski definition) is 0. The SMILES string of the molecule is CCOCc1nc2cnc3cc(Br)ccc3c2n1CCCCN(C(=O)[O-])C(C)(C)C. The number of carboxylic acid groups (broad SMARTS) is 1. The molecule has 7 nitrogen and oxygen atoms in total. The molecule has 30 heavy (non-hydrogen) atoms.